The van der Waals surface area contributed by atoms with Gasteiger partial charge in [0.25, 0.3) is 0 Å². The van der Waals surface area contributed by atoms with Crippen LogP contribution in [0.15, 0.2) is 29.6 Å². The topological polar surface area (TPSA) is 12.0 Å². The fourth-order valence-corrected chi connectivity index (χ4v) is 3.84. The molecule has 1 aromatic heterocycles. The zero-order valence-corrected chi connectivity index (χ0v) is 14.8. The molecule has 2 unspecified atom stereocenters. The molecule has 2 rings (SSSR count). The number of benzene rings is 1. The van der Waals surface area contributed by atoms with Gasteiger partial charge in [0.15, 0.2) is 0 Å². The van der Waals surface area contributed by atoms with Crippen LogP contribution in [0.1, 0.15) is 60.0 Å². The first-order valence-electron chi connectivity index (χ1n) is 7.77. The Morgan fingerprint density at radius 3 is 2.19 bits per heavy atom. The van der Waals surface area contributed by atoms with Crippen LogP contribution < -0.4 is 5.32 Å². The predicted octanol–water partition coefficient (Wildman–Crippen LogP) is 5.72. The second kappa shape index (κ2) is 6.76. The molecule has 1 aromatic carbocycles. The number of aryl methyl sites for hydroxylation is 3. The molecule has 0 radical (unpaired) electrons. The molecule has 0 aliphatic carbocycles. The summed E-state index contributed by atoms with van der Waals surface area (Å²) in [6.07, 6.45) is 0. The second-order valence-corrected chi connectivity index (χ2v) is 7.40. The molecule has 0 aliphatic heterocycles. The molecule has 1 N–H and O–H groups in total. The Labute approximate surface area is 133 Å². The van der Waals surface area contributed by atoms with E-state index in [1.54, 1.807) is 0 Å². The van der Waals surface area contributed by atoms with Crippen LogP contribution >= 0.6 is 11.3 Å². The summed E-state index contributed by atoms with van der Waals surface area (Å²) in [6.45, 7) is 13.5. The second-order valence-electron chi connectivity index (χ2n) is 6.42. The first-order valence-corrected chi connectivity index (χ1v) is 8.65. The van der Waals surface area contributed by atoms with Crippen LogP contribution in [0.5, 0.6) is 0 Å². The van der Waals surface area contributed by atoms with E-state index in [0.717, 1.165) is 0 Å². The number of hydrogen-bond donors (Lipinski definition) is 1. The van der Waals surface area contributed by atoms with Crippen LogP contribution in [0.3, 0.4) is 0 Å². The highest BCUT2D eigenvalue weighted by atomic mass is 32.1. The van der Waals surface area contributed by atoms with Gasteiger partial charge in [0.05, 0.1) is 0 Å². The summed E-state index contributed by atoms with van der Waals surface area (Å²) in [5.41, 5.74) is 5.55. The molecule has 2 atom stereocenters. The Kier molecular flexibility index (Phi) is 5.23. The minimum absolute atomic E-state index is 0.360. The van der Waals surface area contributed by atoms with E-state index >= 15 is 0 Å². The van der Waals surface area contributed by atoms with Gasteiger partial charge in [-0.2, -0.15) is 0 Å². The third-order valence-corrected chi connectivity index (χ3v) is 5.25. The van der Waals surface area contributed by atoms with Crippen molar-refractivity contribution in [1.82, 2.24) is 5.32 Å². The Hall–Kier alpha value is -1.12. The van der Waals surface area contributed by atoms with E-state index in [4.69, 9.17) is 0 Å². The van der Waals surface area contributed by atoms with Crippen molar-refractivity contribution >= 4 is 11.3 Å². The largest absolute Gasteiger partial charge is 0.302 e. The standard InChI is InChI=1S/C19H27NS/c1-12(2)19(18-8-7-9-21-18)20-16(6)17-11-14(4)13(3)10-15(17)5/h7-12,16,19-20H,1-6H3. The summed E-state index contributed by atoms with van der Waals surface area (Å²) < 4.78 is 0. The Morgan fingerprint density at radius 2 is 1.62 bits per heavy atom. The number of hydrogen-bond acceptors (Lipinski definition) is 2. The Bertz CT molecular complexity index is 584. The smallest absolute Gasteiger partial charge is 0.0442 e. The molecule has 2 aromatic rings. The summed E-state index contributed by atoms with van der Waals surface area (Å²) in [4.78, 5) is 1.43. The minimum Gasteiger partial charge on any atom is -0.302 e. The van der Waals surface area contributed by atoms with E-state index in [-0.39, 0.29) is 0 Å². The van der Waals surface area contributed by atoms with E-state index in [0.29, 0.717) is 18.0 Å². The average molecular weight is 301 g/mol. The van der Waals surface area contributed by atoms with Crippen LogP contribution in [0.2, 0.25) is 0 Å². The van der Waals surface area contributed by atoms with Crippen molar-refractivity contribution in [3.05, 3.63) is 56.8 Å². The molecule has 0 saturated carbocycles. The van der Waals surface area contributed by atoms with Gasteiger partial charge in [0, 0.05) is 17.0 Å². The van der Waals surface area contributed by atoms with Gasteiger partial charge in [-0.1, -0.05) is 32.0 Å². The van der Waals surface area contributed by atoms with Crippen LogP contribution in [-0.2, 0) is 0 Å². The van der Waals surface area contributed by atoms with Gasteiger partial charge in [0.1, 0.15) is 0 Å². The van der Waals surface area contributed by atoms with Crippen molar-refractivity contribution in [2.45, 2.75) is 53.6 Å². The highest BCUT2D eigenvalue weighted by Crippen LogP contribution is 2.30. The SMILES string of the molecule is Cc1cc(C)c(C(C)NC(c2cccs2)C(C)C)cc1C. The molecule has 0 bridgehead atoms. The number of rotatable bonds is 5. The summed E-state index contributed by atoms with van der Waals surface area (Å²) in [7, 11) is 0. The quantitative estimate of drug-likeness (QED) is 0.744. The zero-order valence-electron chi connectivity index (χ0n) is 14.0. The molecule has 1 heterocycles. The van der Waals surface area contributed by atoms with Crippen LogP contribution in [0, 0.1) is 26.7 Å². The third kappa shape index (κ3) is 3.75. The lowest BCUT2D eigenvalue weighted by atomic mass is 9.94. The lowest BCUT2D eigenvalue weighted by molar-refractivity contribution is 0.379. The molecule has 2 heteroatoms. The van der Waals surface area contributed by atoms with Crippen molar-refractivity contribution in [2.75, 3.05) is 0 Å². The molecule has 21 heavy (non-hydrogen) atoms. The van der Waals surface area contributed by atoms with Crippen LogP contribution in [0.4, 0.5) is 0 Å². The summed E-state index contributed by atoms with van der Waals surface area (Å²) >= 11 is 1.84. The lowest BCUT2D eigenvalue weighted by Gasteiger charge is -2.27. The van der Waals surface area contributed by atoms with E-state index in [2.05, 4.69) is 76.5 Å². The molecule has 0 fully saturated rings. The number of nitrogens with one attached hydrogen (secondary N) is 1. The molecular formula is C19H27NS. The predicted molar refractivity (Wildman–Crippen MR) is 94.1 cm³/mol. The fourth-order valence-electron chi connectivity index (χ4n) is 2.88. The number of thiophene rings is 1. The molecule has 0 saturated heterocycles. The molecule has 0 aliphatic rings. The van der Waals surface area contributed by atoms with Gasteiger partial charge in [-0.05, 0) is 67.3 Å². The van der Waals surface area contributed by atoms with Crippen molar-refractivity contribution in [2.24, 2.45) is 5.92 Å². The van der Waals surface area contributed by atoms with Crippen molar-refractivity contribution in [3.63, 3.8) is 0 Å². The van der Waals surface area contributed by atoms with Crippen molar-refractivity contribution in [3.8, 4) is 0 Å². The third-order valence-electron chi connectivity index (χ3n) is 4.29. The van der Waals surface area contributed by atoms with E-state index in [9.17, 15) is 0 Å². The van der Waals surface area contributed by atoms with Gasteiger partial charge in [-0.15, -0.1) is 11.3 Å². The normalized spacial score (nSPS) is 14.4. The highest BCUT2D eigenvalue weighted by molar-refractivity contribution is 7.10. The Balaban J connectivity index is 2.24. The van der Waals surface area contributed by atoms with Gasteiger partial charge < -0.3 is 5.32 Å². The van der Waals surface area contributed by atoms with Gasteiger partial charge >= 0.3 is 0 Å². The fraction of sp³-hybridized carbons (Fsp3) is 0.474. The minimum atomic E-state index is 0.360. The molecule has 114 valence electrons. The summed E-state index contributed by atoms with van der Waals surface area (Å²) in [5, 5.41) is 6.00. The lowest BCUT2D eigenvalue weighted by Crippen LogP contribution is -2.28. The van der Waals surface area contributed by atoms with E-state index < -0.39 is 0 Å². The van der Waals surface area contributed by atoms with E-state index in [1.165, 1.54) is 27.1 Å². The zero-order chi connectivity index (χ0) is 15.6. The maximum atomic E-state index is 3.83. The van der Waals surface area contributed by atoms with Crippen molar-refractivity contribution < 1.29 is 0 Å². The summed E-state index contributed by atoms with van der Waals surface area (Å²) in [5.74, 6) is 0.581. The van der Waals surface area contributed by atoms with Crippen LogP contribution in [-0.4, -0.2) is 0 Å². The van der Waals surface area contributed by atoms with E-state index in [1.807, 2.05) is 11.3 Å². The Morgan fingerprint density at radius 1 is 0.952 bits per heavy atom. The first-order chi connectivity index (χ1) is 9.90. The van der Waals surface area contributed by atoms with Gasteiger partial charge in [0.2, 0.25) is 0 Å². The van der Waals surface area contributed by atoms with Crippen LogP contribution in [0.25, 0.3) is 0 Å². The maximum absolute atomic E-state index is 3.83. The molecule has 1 nitrogen and oxygen atoms in total. The molecule has 0 spiro atoms. The first kappa shape index (κ1) is 16.3. The maximum Gasteiger partial charge on any atom is 0.0442 e. The molecule has 0 amide bonds. The molecular weight excluding hydrogens is 274 g/mol. The van der Waals surface area contributed by atoms with Crippen molar-refractivity contribution in [1.29, 1.82) is 0 Å². The van der Waals surface area contributed by atoms with Gasteiger partial charge in [-0.3, -0.25) is 0 Å². The monoisotopic (exact) mass is 301 g/mol. The highest BCUT2D eigenvalue weighted by Gasteiger charge is 2.20. The van der Waals surface area contributed by atoms with Gasteiger partial charge in [-0.25, -0.2) is 0 Å². The average Bonchev–Trinajstić information content (AvgIpc) is 2.93. The summed E-state index contributed by atoms with van der Waals surface area (Å²) in [6, 6.07) is 9.80.